The molecule has 29 heavy (non-hydrogen) atoms. The summed E-state index contributed by atoms with van der Waals surface area (Å²) in [5.41, 5.74) is 3.41. The molecule has 0 aliphatic carbocycles. The average molecular weight is 392 g/mol. The number of benzene rings is 2. The van der Waals surface area contributed by atoms with Crippen LogP contribution < -0.4 is 14.4 Å². The number of ether oxygens (including phenoxy) is 2. The Hall–Kier alpha value is -3.68. The van der Waals surface area contributed by atoms with E-state index in [9.17, 15) is 9.59 Å². The zero-order valence-electron chi connectivity index (χ0n) is 16.4. The van der Waals surface area contributed by atoms with Gasteiger partial charge in [-0.15, -0.1) is 5.10 Å². The van der Waals surface area contributed by atoms with E-state index in [0.717, 1.165) is 11.3 Å². The van der Waals surface area contributed by atoms with Gasteiger partial charge in [-0.3, -0.25) is 14.5 Å². The van der Waals surface area contributed by atoms with Crippen LogP contribution in [0.1, 0.15) is 28.5 Å². The summed E-state index contributed by atoms with van der Waals surface area (Å²) >= 11 is 0. The standard InChI is InChI=1S/C21H20N4O4/c1-13-6-4-5-7-17(13)25-11-15(22-23-25)10-24-19(27)12-29-21-16(14(2)26)8-9-18(28-3)20(21)24/h4-9,11H,10,12H2,1-3H3. The smallest absolute Gasteiger partial charge is 0.265 e. The topological polar surface area (TPSA) is 86.5 Å². The van der Waals surface area contributed by atoms with Crippen molar-refractivity contribution < 1.29 is 19.1 Å². The molecule has 0 bridgehead atoms. The van der Waals surface area contributed by atoms with E-state index in [1.165, 1.54) is 18.9 Å². The van der Waals surface area contributed by atoms with Gasteiger partial charge in [0.05, 0.1) is 31.1 Å². The molecule has 0 N–H and O–H groups in total. The number of para-hydroxylation sites is 1. The first-order chi connectivity index (χ1) is 14.0. The van der Waals surface area contributed by atoms with Crippen molar-refractivity contribution in [3.05, 3.63) is 59.4 Å². The summed E-state index contributed by atoms with van der Waals surface area (Å²) in [4.78, 5) is 26.2. The van der Waals surface area contributed by atoms with E-state index in [2.05, 4.69) is 10.3 Å². The number of aryl methyl sites for hydroxylation is 1. The van der Waals surface area contributed by atoms with Crippen molar-refractivity contribution in [3.63, 3.8) is 0 Å². The van der Waals surface area contributed by atoms with Crippen LogP contribution in [0.5, 0.6) is 11.5 Å². The van der Waals surface area contributed by atoms with Gasteiger partial charge in [0.15, 0.2) is 18.1 Å². The van der Waals surface area contributed by atoms with E-state index >= 15 is 0 Å². The molecule has 4 rings (SSSR count). The monoisotopic (exact) mass is 392 g/mol. The molecular weight excluding hydrogens is 372 g/mol. The highest BCUT2D eigenvalue weighted by atomic mass is 16.5. The molecule has 0 spiro atoms. The lowest BCUT2D eigenvalue weighted by molar-refractivity contribution is -0.121. The molecule has 0 saturated carbocycles. The molecule has 2 aromatic carbocycles. The quantitative estimate of drug-likeness (QED) is 0.621. The van der Waals surface area contributed by atoms with Crippen LogP contribution in [-0.4, -0.2) is 40.4 Å². The summed E-state index contributed by atoms with van der Waals surface area (Å²) < 4.78 is 12.7. The number of rotatable bonds is 5. The minimum atomic E-state index is -0.248. The highest BCUT2D eigenvalue weighted by Crippen LogP contribution is 2.43. The summed E-state index contributed by atoms with van der Waals surface area (Å²) in [7, 11) is 1.51. The summed E-state index contributed by atoms with van der Waals surface area (Å²) in [6.07, 6.45) is 1.78. The fourth-order valence-electron chi connectivity index (χ4n) is 3.37. The lowest BCUT2D eigenvalue weighted by Crippen LogP contribution is -2.39. The summed E-state index contributed by atoms with van der Waals surface area (Å²) in [6.45, 7) is 3.47. The summed E-state index contributed by atoms with van der Waals surface area (Å²) in [6, 6.07) is 11.1. The number of fused-ring (bicyclic) bond motifs is 1. The number of Topliss-reactive ketones (excluding diaryl/α,β-unsaturated/α-hetero) is 1. The molecule has 1 amide bonds. The van der Waals surface area contributed by atoms with Crippen LogP contribution >= 0.6 is 0 Å². The second-order valence-electron chi connectivity index (χ2n) is 6.76. The normalized spacial score (nSPS) is 13.1. The molecule has 1 aliphatic rings. The SMILES string of the molecule is COc1ccc(C(C)=O)c2c1N(Cc1cn(-c3ccccc3C)nn1)C(=O)CO2. The maximum absolute atomic E-state index is 12.6. The Morgan fingerprint density at radius 1 is 1.24 bits per heavy atom. The molecule has 0 atom stereocenters. The molecule has 1 aliphatic heterocycles. The van der Waals surface area contributed by atoms with Gasteiger partial charge >= 0.3 is 0 Å². The Balaban J connectivity index is 1.72. The Morgan fingerprint density at radius 3 is 2.76 bits per heavy atom. The molecule has 0 saturated heterocycles. The molecule has 2 heterocycles. The Bertz CT molecular complexity index is 1110. The van der Waals surface area contributed by atoms with E-state index < -0.39 is 0 Å². The first-order valence-electron chi connectivity index (χ1n) is 9.12. The van der Waals surface area contributed by atoms with Crippen LogP contribution in [0, 0.1) is 6.92 Å². The number of anilines is 1. The van der Waals surface area contributed by atoms with Crippen LogP contribution in [0.4, 0.5) is 5.69 Å². The number of hydrogen-bond donors (Lipinski definition) is 0. The van der Waals surface area contributed by atoms with Crippen LogP contribution in [0.15, 0.2) is 42.6 Å². The van der Waals surface area contributed by atoms with Crippen LogP contribution in [0.3, 0.4) is 0 Å². The van der Waals surface area contributed by atoms with Crippen molar-refractivity contribution in [3.8, 4) is 17.2 Å². The van der Waals surface area contributed by atoms with E-state index in [4.69, 9.17) is 9.47 Å². The van der Waals surface area contributed by atoms with E-state index in [1.807, 2.05) is 31.2 Å². The number of amides is 1. The Morgan fingerprint density at radius 2 is 2.03 bits per heavy atom. The zero-order valence-corrected chi connectivity index (χ0v) is 16.4. The third-order valence-corrected chi connectivity index (χ3v) is 4.83. The average Bonchev–Trinajstić information content (AvgIpc) is 3.17. The van der Waals surface area contributed by atoms with Gasteiger partial charge in [0.25, 0.3) is 5.91 Å². The van der Waals surface area contributed by atoms with Crippen molar-refractivity contribution in [1.29, 1.82) is 0 Å². The number of aromatic nitrogens is 3. The van der Waals surface area contributed by atoms with Crippen LogP contribution in [0.25, 0.3) is 5.69 Å². The first kappa shape index (κ1) is 18.7. The van der Waals surface area contributed by atoms with E-state index in [1.54, 1.807) is 23.0 Å². The van der Waals surface area contributed by atoms with Gasteiger partial charge in [-0.1, -0.05) is 23.4 Å². The maximum atomic E-state index is 12.6. The first-order valence-corrected chi connectivity index (χ1v) is 9.12. The van der Waals surface area contributed by atoms with Gasteiger partial charge in [0, 0.05) is 0 Å². The fourth-order valence-corrected chi connectivity index (χ4v) is 3.37. The summed E-state index contributed by atoms with van der Waals surface area (Å²) in [5, 5.41) is 8.41. The highest BCUT2D eigenvalue weighted by molar-refractivity contribution is 6.05. The second-order valence-corrected chi connectivity index (χ2v) is 6.76. The van der Waals surface area contributed by atoms with Gasteiger partial charge in [0.2, 0.25) is 0 Å². The largest absolute Gasteiger partial charge is 0.494 e. The van der Waals surface area contributed by atoms with Crippen molar-refractivity contribution in [2.75, 3.05) is 18.6 Å². The fraction of sp³-hybridized carbons (Fsp3) is 0.238. The van der Waals surface area contributed by atoms with Crippen molar-refractivity contribution in [1.82, 2.24) is 15.0 Å². The number of hydrogen-bond acceptors (Lipinski definition) is 6. The van der Waals surface area contributed by atoms with E-state index in [-0.39, 0.29) is 24.8 Å². The maximum Gasteiger partial charge on any atom is 0.265 e. The number of methoxy groups -OCH3 is 1. The van der Waals surface area contributed by atoms with Gasteiger partial charge in [-0.2, -0.15) is 0 Å². The third kappa shape index (κ3) is 3.33. The molecular formula is C21H20N4O4. The highest BCUT2D eigenvalue weighted by Gasteiger charge is 2.32. The van der Waals surface area contributed by atoms with Crippen molar-refractivity contribution >= 4 is 17.4 Å². The predicted octanol–water partition coefficient (Wildman–Crippen LogP) is 2.71. The minimum absolute atomic E-state index is 0.149. The number of carbonyl (C=O) groups excluding carboxylic acids is 2. The molecule has 0 radical (unpaired) electrons. The predicted molar refractivity (Wildman–Crippen MR) is 106 cm³/mol. The summed E-state index contributed by atoms with van der Waals surface area (Å²) in [5.74, 6) is 0.401. The van der Waals surface area contributed by atoms with E-state index in [0.29, 0.717) is 28.4 Å². The van der Waals surface area contributed by atoms with Crippen LogP contribution in [-0.2, 0) is 11.3 Å². The lowest BCUT2D eigenvalue weighted by Gasteiger charge is -2.31. The molecule has 8 nitrogen and oxygen atoms in total. The molecule has 0 unspecified atom stereocenters. The van der Waals surface area contributed by atoms with Gasteiger partial charge < -0.3 is 9.47 Å². The minimum Gasteiger partial charge on any atom is -0.494 e. The van der Waals surface area contributed by atoms with Crippen molar-refractivity contribution in [2.45, 2.75) is 20.4 Å². The number of carbonyl (C=O) groups is 2. The molecule has 3 aromatic rings. The Kier molecular flexibility index (Phi) is 4.75. The number of ketones is 1. The molecule has 1 aromatic heterocycles. The molecule has 0 fully saturated rings. The zero-order chi connectivity index (χ0) is 20.5. The van der Waals surface area contributed by atoms with Gasteiger partial charge in [-0.25, -0.2) is 4.68 Å². The lowest BCUT2D eigenvalue weighted by atomic mass is 10.1. The molecule has 8 heteroatoms. The van der Waals surface area contributed by atoms with Gasteiger partial charge in [0.1, 0.15) is 17.1 Å². The third-order valence-electron chi connectivity index (χ3n) is 4.83. The van der Waals surface area contributed by atoms with Crippen LogP contribution in [0.2, 0.25) is 0 Å². The van der Waals surface area contributed by atoms with Gasteiger partial charge in [-0.05, 0) is 37.6 Å². The second kappa shape index (κ2) is 7.38. The molecule has 148 valence electrons. The Labute approximate surface area is 167 Å². The van der Waals surface area contributed by atoms with Crippen molar-refractivity contribution in [2.24, 2.45) is 0 Å². The number of nitrogens with zero attached hydrogens (tertiary/aromatic N) is 4.